The number of methoxy groups -OCH3 is 4. The van der Waals surface area contributed by atoms with Crippen LogP contribution < -0.4 is 40.9 Å². The Labute approximate surface area is 719 Å². The molecule has 33 heteroatoms. The lowest BCUT2D eigenvalue weighted by atomic mass is 9.83. The molecule has 0 radical (unpaired) electrons. The van der Waals surface area contributed by atoms with E-state index in [1.54, 1.807) is 78.5 Å². The van der Waals surface area contributed by atoms with E-state index in [1.807, 2.05) is 180 Å². The molecule has 15 rings (SSSR count). The van der Waals surface area contributed by atoms with E-state index < -0.39 is 7.12 Å². The molecule has 30 nitrogen and oxygen atoms in total. The van der Waals surface area contributed by atoms with Gasteiger partial charge in [-0.3, -0.25) is 40.0 Å². The van der Waals surface area contributed by atoms with Crippen molar-refractivity contribution in [2.75, 3.05) is 28.4 Å². The van der Waals surface area contributed by atoms with E-state index in [0.717, 1.165) is 227 Å². The van der Waals surface area contributed by atoms with E-state index in [2.05, 4.69) is 62.1 Å². The summed E-state index contributed by atoms with van der Waals surface area (Å²) in [5, 5.41) is 56.0. The van der Waals surface area contributed by atoms with Gasteiger partial charge >= 0.3 is 7.12 Å². The molecular formula is C90H103BN16O14S2. The van der Waals surface area contributed by atoms with Gasteiger partial charge in [0.05, 0.1) is 94.6 Å². The molecule has 0 aliphatic heterocycles. The molecule has 0 atom stereocenters. The first-order valence-electron chi connectivity index (χ1n) is 40.8. The lowest BCUT2D eigenvalue weighted by Gasteiger charge is -2.12. The average molecular weight is 1710 g/mol. The number of hydrogen-bond donors (Lipinski definition) is 10. The number of thiazole rings is 2. The minimum atomic E-state index is -1.22. The number of rotatable bonds is 37. The van der Waals surface area contributed by atoms with Crippen molar-refractivity contribution in [3.63, 3.8) is 0 Å². The summed E-state index contributed by atoms with van der Waals surface area (Å²) >= 11 is 3.10. The first-order chi connectivity index (χ1) is 60.2. The molecule has 0 spiro atoms. The average Bonchev–Trinajstić information content (AvgIpc) is 1.66. The molecule has 0 saturated heterocycles. The van der Waals surface area contributed by atoms with Crippen molar-refractivity contribution in [2.24, 2.45) is 0 Å². The summed E-state index contributed by atoms with van der Waals surface area (Å²) in [7, 11) is 5.33. The minimum Gasteiger partial charge on any atom is -0.497 e. The number of hydrogen-bond acceptors (Lipinski definition) is 23. The van der Waals surface area contributed by atoms with Crippen LogP contribution >= 0.6 is 22.7 Å². The molecule has 8 aromatic carbocycles. The molecule has 10 N–H and O–H groups in total. The number of amides is 4. The lowest BCUT2D eigenvalue weighted by Crippen LogP contribution is -2.18. The smallest absolute Gasteiger partial charge is 0.451 e. The lowest BCUT2D eigenvalue weighted by molar-refractivity contribution is -0.130. The van der Waals surface area contributed by atoms with Crippen LogP contribution in [0, 0.1) is 0 Å². The predicted octanol–water partition coefficient (Wildman–Crippen LogP) is 16.6. The summed E-state index contributed by atoms with van der Waals surface area (Å²) in [6, 6.07) is 61.8. The van der Waals surface area contributed by atoms with Gasteiger partial charge in [0, 0.05) is 85.9 Å². The third-order valence-electron chi connectivity index (χ3n) is 20.4. The molecule has 0 bridgehead atoms. The fourth-order valence-corrected chi connectivity index (χ4v) is 15.3. The summed E-state index contributed by atoms with van der Waals surface area (Å²) in [6.07, 6.45) is 12.6. The standard InChI is InChI=1S/C20H25BN2O4.C20H23N3O3.C19H21N3O3.C16H18N4O2S.C15H16N4O2S/c1-26-18-11-10-15(14-19(18)27-2)20-22-16-8-4-5-9-17(16)23(20)13-7-3-6-12-21(24)25;1-26-16-12-10-15(11-13-16)20-21-17-7-4-5-8-18(17)23(20)14-6-2-3-9-19(24)22-25;1-25-15-11-9-14(10-12-15)19-20-16-6-2-3-7-17(16)22(19)13-5-4-8-18(23)21-24;21-15(19-22)8-2-1-5-9-20-14-7-4-3-6-12(14)18-16(20)13-10-23-11-17-13;20-14(18-21)7-3-4-8-19-13-6-2-1-5-11(13)17-15(19)12-9-22-10-16-12/h4-5,8-11,14,24-25H,3,6-7,12-13H2,1-2H3;4-5,7-8,10-13,25H,2-3,6,9,14H2,1H3,(H,22,24);2-3,6-7,9-12,24H,4-5,8,13H2,1H3,(H,21,23);3-4,6-7,10-11,22H,1-2,5,8-9H2,(H,19,21);1-2,5-6,9-10,21H,3-4,7-8H2,(H,18,20). The Morgan fingerprint density at radius 3 is 0.919 bits per heavy atom. The number of aromatic nitrogens is 12. The van der Waals surface area contributed by atoms with Crippen LogP contribution in [0.15, 0.2) is 210 Å². The van der Waals surface area contributed by atoms with Crippen LogP contribution in [0.1, 0.15) is 109 Å². The van der Waals surface area contributed by atoms with Crippen LogP contribution in [0.4, 0.5) is 0 Å². The Kier molecular flexibility index (Phi) is 35.1. The quantitative estimate of drug-likeness (QED) is 0.00748. The fourth-order valence-electron chi connectivity index (χ4n) is 14.2. The maximum Gasteiger partial charge on any atom is 0.451 e. The van der Waals surface area contributed by atoms with E-state index in [-0.39, 0.29) is 23.6 Å². The van der Waals surface area contributed by atoms with Crippen LogP contribution in [0.5, 0.6) is 23.0 Å². The molecule has 15 aromatic rings. The number of aryl methyl sites for hydroxylation is 5. The highest BCUT2D eigenvalue weighted by Crippen LogP contribution is 2.36. The number of para-hydroxylation sites is 10. The third kappa shape index (κ3) is 25.2. The number of benzene rings is 8. The molecule has 0 unspecified atom stereocenters. The van der Waals surface area contributed by atoms with Crippen molar-refractivity contribution in [1.82, 2.24) is 79.6 Å². The molecule has 0 saturated carbocycles. The minimum absolute atomic E-state index is 0.307. The Balaban J connectivity index is 0.000000150. The van der Waals surface area contributed by atoms with Gasteiger partial charge in [0.15, 0.2) is 23.1 Å². The van der Waals surface area contributed by atoms with Crippen molar-refractivity contribution >= 4 is 109 Å². The van der Waals surface area contributed by atoms with Gasteiger partial charge < -0.3 is 51.8 Å². The number of carbonyl (C=O) groups is 4. The second-order valence-corrected chi connectivity index (χ2v) is 30.1. The molecule has 7 aromatic heterocycles. The number of nitrogens with one attached hydrogen (secondary N) is 4. The number of imidazole rings is 5. The van der Waals surface area contributed by atoms with Crippen molar-refractivity contribution in [3.8, 4) is 80.2 Å². The maximum absolute atomic E-state index is 11.1. The Bertz CT molecular complexity index is 5820. The second-order valence-electron chi connectivity index (χ2n) is 28.7. The SMILES string of the molecule is COc1ccc(-c2nc3ccccc3n2CCCCC(=O)NO)cc1.COc1ccc(-c2nc3ccccc3n2CCCCCB(O)O)cc1OC.COc1ccc(-c2nc3ccccc3n2CCCCCC(=O)NO)cc1.O=C(CCCCCn1c(-c2cscn2)nc2ccccc21)NO.O=C(CCCCn1c(-c2cscn2)nc2ccccc21)NO. The largest absolute Gasteiger partial charge is 0.497 e. The molecule has 0 aliphatic rings. The van der Waals surface area contributed by atoms with Crippen LogP contribution in [0.25, 0.3) is 112 Å². The predicted molar refractivity (Wildman–Crippen MR) is 477 cm³/mol. The number of hydroxylamine groups is 4. The highest BCUT2D eigenvalue weighted by molar-refractivity contribution is 7.08. The maximum atomic E-state index is 11.1. The Hall–Kier alpha value is -12.7. The third-order valence-corrected chi connectivity index (χ3v) is 21.6. The zero-order valence-electron chi connectivity index (χ0n) is 69.2. The zero-order valence-corrected chi connectivity index (χ0v) is 70.8. The van der Waals surface area contributed by atoms with E-state index in [9.17, 15) is 19.2 Å². The first-order valence-corrected chi connectivity index (χ1v) is 42.7. The fraction of sp³-hybridized carbons (Fsp3) is 0.300. The van der Waals surface area contributed by atoms with E-state index in [0.29, 0.717) is 56.3 Å². The van der Waals surface area contributed by atoms with Gasteiger partial charge in [0.2, 0.25) is 23.6 Å². The Morgan fingerprint density at radius 2 is 0.618 bits per heavy atom. The summed E-state index contributed by atoms with van der Waals surface area (Å²) in [5.41, 5.74) is 25.3. The molecular weight excluding hydrogens is 1600 g/mol. The van der Waals surface area contributed by atoms with Gasteiger partial charge in [0.25, 0.3) is 0 Å². The number of ether oxygens (including phenoxy) is 4. The van der Waals surface area contributed by atoms with Crippen LogP contribution in [0.3, 0.4) is 0 Å². The van der Waals surface area contributed by atoms with Gasteiger partial charge in [-0.1, -0.05) is 86.3 Å². The van der Waals surface area contributed by atoms with Crippen LogP contribution in [-0.4, -0.2) is 148 Å². The molecule has 0 aliphatic carbocycles. The highest BCUT2D eigenvalue weighted by Gasteiger charge is 2.21. The summed E-state index contributed by atoms with van der Waals surface area (Å²) in [4.78, 5) is 76.8. The number of unbranched alkanes of at least 4 members (excludes halogenated alkanes) is 8. The molecule has 642 valence electrons. The van der Waals surface area contributed by atoms with Crippen molar-refractivity contribution in [1.29, 1.82) is 0 Å². The van der Waals surface area contributed by atoms with Gasteiger partial charge in [-0.2, -0.15) is 0 Å². The summed E-state index contributed by atoms with van der Waals surface area (Å²) in [5.74, 6) is 6.07. The monoisotopic (exact) mass is 1710 g/mol. The van der Waals surface area contributed by atoms with E-state index in [1.165, 1.54) is 0 Å². The van der Waals surface area contributed by atoms with Gasteiger partial charge in [-0.15, -0.1) is 22.7 Å². The highest BCUT2D eigenvalue weighted by atomic mass is 32.1. The van der Waals surface area contributed by atoms with Crippen molar-refractivity contribution < 1.29 is 69.0 Å². The molecule has 0 fully saturated rings. The molecule has 7 heterocycles. The number of fused-ring (bicyclic) bond motifs is 5. The van der Waals surface area contributed by atoms with Crippen LogP contribution in [-0.2, 0) is 51.9 Å². The second kappa shape index (κ2) is 47.5. The van der Waals surface area contributed by atoms with Crippen LogP contribution in [0.2, 0.25) is 6.32 Å². The van der Waals surface area contributed by atoms with Crippen molar-refractivity contribution in [2.45, 2.75) is 148 Å². The number of carbonyl (C=O) groups excluding carboxylic acids is 4. The summed E-state index contributed by atoms with van der Waals surface area (Å²) < 4.78 is 32.2. The van der Waals surface area contributed by atoms with Crippen molar-refractivity contribution in [3.05, 3.63) is 210 Å². The van der Waals surface area contributed by atoms with E-state index >= 15 is 0 Å². The van der Waals surface area contributed by atoms with E-state index in [4.69, 9.17) is 69.8 Å². The van der Waals surface area contributed by atoms with Gasteiger partial charge in [-0.05, 0) is 192 Å². The molecule has 123 heavy (non-hydrogen) atoms. The van der Waals surface area contributed by atoms with Gasteiger partial charge in [-0.25, -0.2) is 56.8 Å². The molecule has 4 amide bonds. The zero-order chi connectivity index (χ0) is 86.7. The first kappa shape index (κ1) is 91.0. The summed E-state index contributed by atoms with van der Waals surface area (Å²) in [6.45, 7) is 3.97. The number of nitrogens with zero attached hydrogens (tertiary/aromatic N) is 12. The Morgan fingerprint density at radius 1 is 0.333 bits per heavy atom. The topological polar surface area (TPSA) is 390 Å². The normalized spacial score (nSPS) is 10.9. The van der Waals surface area contributed by atoms with Gasteiger partial charge in [0.1, 0.15) is 40.4 Å².